The van der Waals surface area contributed by atoms with Gasteiger partial charge in [0.05, 0.1) is 23.9 Å². The third-order valence-corrected chi connectivity index (χ3v) is 3.20. The summed E-state index contributed by atoms with van der Waals surface area (Å²) < 4.78 is 6.57. The van der Waals surface area contributed by atoms with Crippen LogP contribution in [0.3, 0.4) is 0 Å². The van der Waals surface area contributed by atoms with Gasteiger partial charge in [-0.2, -0.15) is 5.10 Å². The molecule has 0 fully saturated rings. The van der Waals surface area contributed by atoms with E-state index >= 15 is 0 Å². The van der Waals surface area contributed by atoms with Crippen molar-refractivity contribution in [3.8, 4) is 5.82 Å². The highest BCUT2D eigenvalue weighted by Gasteiger charge is 2.12. The van der Waals surface area contributed by atoms with Crippen molar-refractivity contribution in [1.29, 1.82) is 0 Å². The molecule has 21 heavy (non-hydrogen) atoms. The van der Waals surface area contributed by atoms with Gasteiger partial charge in [-0.05, 0) is 31.5 Å². The van der Waals surface area contributed by atoms with E-state index < -0.39 is 0 Å². The van der Waals surface area contributed by atoms with Crippen LogP contribution in [-0.4, -0.2) is 27.3 Å². The van der Waals surface area contributed by atoms with Gasteiger partial charge in [0, 0.05) is 11.6 Å². The molecule has 0 atom stereocenters. The summed E-state index contributed by atoms with van der Waals surface area (Å²) in [5.74, 6) is 0.339. The van der Waals surface area contributed by atoms with Crippen LogP contribution in [0.1, 0.15) is 22.8 Å². The smallest absolute Gasteiger partial charge is 0.341 e. The van der Waals surface area contributed by atoms with Crippen LogP contribution in [-0.2, 0) is 4.74 Å². The molecule has 0 saturated carbocycles. The lowest BCUT2D eigenvalue weighted by atomic mass is 10.1. The Morgan fingerprint density at radius 3 is 2.95 bits per heavy atom. The number of aryl methyl sites for hydroxylation is 1. The minimum Gasteiger partial charge on any atom is -0.462 e. The summed E-state index contributed by atoms with van der Waals surface area (Å²) in [6, 6.07) is 9.96. The number of benzene rings is 1. The zero-order valence-electron chi connectivity index (χ0n) is 11.9. The highest BCUT2D eigenvalue weighted by Crippen LogP contribution is 2.19. The standard InChI is InChI=1S/C16H15N3O2/c1-3-21-16(20)13-9-17-19(10-13)15-11(2)8-12-6-4-5-7-14(12)18-15/h4-10H,3H2,1-2H3. The zero-order valence-corrected chi connectivity index (χ0v) is 11.9. The van der Waals surface area contributed by atoms with Crippen LogP contribution in [0.15, 0.2) is 42.7 Å². The number of esters is 1. The quantitative estimate of drug-likeness (QED) is 0.693. The lowest BCUT2D eigenvalue weighted by Gasteiger charge is -2.06. The Morgan fingerprint density at radius 1 is 1.33 bits per heavy atom. The molecule has 5 heteroatoms. The maximum absolute atomic E-state index is 11.7. The molecule has 0 aliphatic rings. The van der Waals surface area contributed by atoms with E-state index in [1.54, 1.807) is 17.8 Å². The fourth-order valence-electron chi connectivity index (χ4n) is 2.20. The van der Waals surface area contributed by atoms with Crippen molar-refractivity contribution in [3.05, 3.63) is 53.9 Å². The maximum Gasteiger partial charge on any atom is 0.341 e. The van der Waals surface area contributed by atoms with Crippen LogP contribution in [0.25, 0.3) is 16.7 Å². The first-order valence-electron chi connectivity index (χ1n) is 6.77. The molecule has 2 heterocycles. The fraction of sp³-hybridized carbons (Fsp3) is 0.188. The third kappa shape index (κ3) is 2.50. The third-order valence-electron chi connectivity index (χ3n) is 3.20. The van der Waals surface area contributed by atoms with E-state index in [9.17, 15) is 4.79 Å². The van der Waals surface area contributed by atoms with Crippen LogP contribution in [0, 0.1) is 6.92 Å². The molecule has 3 aromatic rings. The molecule has 0 saturated heterocycles. The van der Waals surface area contributed by atoms with Gasteiger partial charge in [0.25, 0.3) is 0 Å². The molecule has 3 rings (SSSR count). The molecular formula is C16H15N3O2. The van der Waals surface area contributed by atoms with Crippen molar-refractivity contribution in [2.45, 2.75) is 13.8 Å². The fourth-order valence-corrected chi connectivity index (χ4v) is 2.20. The summed E-state index contributed by atoms with van der Waals surface area (Å²) in [5.41, 5.74) is 2.31. The van der Waals surface area contributed by atoms with E-state index in [2.05, 4.69) is 16.1 Å². The van der Waals surface area contributed by atoms with Crippen LogP contribution < -0.4 is 0 Å². The predicted molar refractivity (Wildman–Crippen MR) is 79.6 cm³/mol. The molecule has 106 valence electrons. The zero-order chi connectivity index (χ0) is 14.8. The number of hydrogen-bond acceptors (Lipinski definition) is 4. The number of pyridine rings is 1. The van der Waals surface area contributed by atoms with Gasteiger partial charge in [-0.25, -0.2) is 14.5 Å². The van der Waals surface area contributed by atoms with Crippen molar-refractivity contribution in [3.63, 3.8) is 0 Å². The van der Waals surface area contributed by atoms with Crippen LogP contribution in [0.4, 0.5) is 0 Å². The van der Waals surface area contributed by atoms with Crippen molar-refractivity contribution >= 4 is 16.9 Å². The van der Waals surface area contributed by atoms with Gasteiger partial charge in [-0.15, -0.1) is 0 Å². The first-order valence-corrected chi connectivity index (χ1v) is 6.77. The summed E-state index contributed by atoms with van der Waals surface area (Å²) in [6.07, 6.45) is 3.14. The van der Waals surface area contributed by atoms with Gasteiger partial charge in [-0.1, -0.05) is 18.2 Å². The Hall–Kier alpha value is -2.69. The molecule has 0 unspecified atom stereocenters. The number of hydrogen-bond donors (Lipinski definition) is 0. The minimum absolute atomic E-state index is 0.345. The Labute approximate surface area is 122 Å². The summed E-state index contributed by atoms with van der Waals surface area (Å²) in [6.45, 7) is 4.09. The molecule has 0 aliphatic heterocycles. The first-order chi connectivity index (χ1) is 10.2. The average Bonchev–Trinajstić information content (AvgIpc) is 2.96. The summed E-state index contributed by atoms with van der Waals surface area (Å²) in [4.78, 5) is 16.3. The number of nitrogens with zero attached hydrogens (tertiary/aromatic N) is 3. The van der Waals surface area contributed by atoms with E-state index in [1.165, 1.54) is 6.20 Å². The number of carbonyl (C=O) groups is 1. The SMILES string of the molecule is CCOC(=O)c1cnn(-c2nc3ccccc3cc2C)c1. The first kappa shape index (κ1) is 13.3. The lowest BCUT2D eigenvalue weighted by Crippen LogP contribution is -2.04. The van der Waals surface area contributed by atoms with Gasteiger partial charge in [0.15, 0.2) is 5.82 Å². The van der Waals surface area contributed by atoms with E-state index in [4.69, 9.17) is 4.74 Å². The molecule has 0 spiro atoms. The number of aromatic nitrogens is 3. The predicted octanol–water partition coefficient (Wildman–Crippen LogP) is 2.91. The van der Waals surface area contributed by atoms with E-state index in [1.807, 2.05) is 31.2 Å². The number of rotatable bonds is 3. The van der Waals surface area contributed by atoms with Gasteiger partial charge >= 0.3 is 5.97 Å². The van der Waals surface area contributed by atoms with E-state index in [0.717, 1.165) is 16.5 Å². The molecule has 0 bridgehead atoms. The molecule has 5 nitrogen and oxygen atoms in total. The normalized spacial score (nSPS) is 10.8. The highest BCUT2D eigenvalue weighted by atomic mass is 16.5. The molecule has 2 aromatic heterocycles. The second-order valence-corrected chi connectivity index (χ2v) is 4.72. The second kappa shape index (κ2) is 5.36. The van der Waals surface area contributed by atoms with Crippen molar-refractivity contribution in [2.24, 2.45) is 0 Å². The Morgan fingerprint density at radius 2 is 2.14 bits per heavy atom. The van der Waals surface area contributed by atoms with E-state index in [-0.39, 0.29) is 5.97 Å². The number of para-hydroxylation sites is 1. The summed E-state index contributed by atoms with van der Waals surface area (Å²) >= 11 is 0. The second-order valence-electron chi connectivity index (χ2n) is 4.72. The molecule has 0 aliphatic carbocycles. The Bertz CT molecular complexity index is 808. The number of ether oxygens (including phenoxy) is 1. The summed E-state index contributed by atoms with van der Waals surface area (Å²) in [7, 11) is 0. The Kier molecular flexibility index (Phi) is 3.39. The van der Waals surface area contributed by atoms with Gasteiger partial charge < -0.3 is 4.74 Å². The van der Waals surface area contributed by atoms with E-state index in [0.29, 0.717) is 18.0 Å². The van der Waals surface area contributed by atoms with Crippen LogP contribution in [0.2, 0.25) is 0 Å². The maximum atomic E-state index is 11.7. The van der Waals surface area contributed by atoms with Crippen LogP contribution >= 0.6 is 0 Å². The van der Waals surface area contributed by atoms with Crippen molar-refractivity contribution in [1.82, 2.24) is 14.8 Å². The molecule has 0 N–H and O–H groups in total. The largest absolute Gasteiger partial charge is 0.462 e. The lowest BCUT2D eigenvalue weighted by molar-refractivity contribution is 0.0526. The minimum atomic E-state index is -0.373. The summed E-state index contributed by atoms with van der Waals surface area (Å²) in [5, 5.41) is 5.29. The highest BCUT2D eigenvalue weighted by molar-refractivity contribution is 5.89. The average molecular weight is 281 g/mol. The van der Waals surface area contributed by atoms with Gasteiger partial charge in [0.1, 0.15) is 0 Å². The van der Waals surface area contributed by atoms with Crippen molar-refractivity contribution in [2.75, 3.05) is 6.61 Å². The Balaban J connectivity index is 2.04. The monoisotopic (exact) mass is 281 g/mol. The number of carbonyl (C=O) groups excluding carboxylic acids is 1. The topological polar surface area (TPSA) is 57.0 Å². The molecule has 0 amide bonds. The van der Waals surface area contributed by atoms with Gasteiger partial charge in [0.2, 0.25) is 0 Å². The molecule has 0 radical (unpaired) electrons. The van der Waals surface area contributed by atoms with Crippen molar-refractivity contribution < 1.29 is 9.53 Å². The van der Waals surface area contributed by atoms with Gasteiger partial charge in [-0.3, -0.25) is 0 Å². The molecular weight excluding hydrogens is 266 g/mol. The number of fused-ring (bicyclic) bond motifs is 1. The molecule has 1 aromatic carbocycles. The van der Waals surface area contributed by atoms with Crippen LogP contribution in [0.5, 0.6) is 0 Å².